The number of aromatic nitrogens is 1. The molecular formula is C23H31N3O5S. The third kappa shape index (κ3) is 3.24. The average Bonchev–Trinajstić information content (AvgIpc) is 3.58. The van der Waals surface area contributed by atoms with Gasteiger partial charge in [0.15, 0.2) is 0 Å². The van der Waals surface area contributed by atoms with E-state index < -0.39 is 21.5 Å². The van der Waals surface area contributed by atoms with Crippen molar-refractivity contribution in [2.45, 2.75) is 37.1 Å². The van der Waals surface area contributed by atoms with Gasteiger partial charge in [-0.2, -0.15) is 4.31 Å². The summed E-state index contributed by atoms with van der Waals surface area (Å²) in [7, 11) is -0.000654. The lowest BCUT2D eigenvalue weighted by molar-refractivity contribution is -0.134. The number of aliphatic hydroxyl groups is 1. The number of likely N-dealkylation sites (tertiary alicyclic amines) is 1. The van der Waals surface area contributed by atoms with Crippen molar-refractivity contribution in [2.24, 2.45) is 13.0 Å². The average molecular weight is 462 g/mol. The largest absolute Gasteiger partial charge is 0.497 e. The van der Waals surface area contributed by atoms with Crippen LogP contribution in [0.25, 0.3) is 10.9 Å². The summed E-state index contributed by atoms with van der Waals surface area (Å²) in [5.41, 5.74) is 2.52. The normalized spacial score (nSPS) is 23.5. The van der Waals surface area contributed by atoms with E-state index in [1.165, 1.54) is 10.6 Å². The first-order chi connectivity index (χ1) is 15.2. The summed E-state index contributed by atoms with van der Waals surface area (Å²) >= 11 is 0. The number of piperidine rings is 1. The van der Waals surface area contributed by atoms with Gasteiger partial charge in [-0.25, -0.2) is 8.42 Å². The quantitative estimate of drug-likeness (QED) is 0.749. The van der Waals surface area contributed by atoms with Crippen LogP contribution < -0.4 is 4.74 Å². The molecular weight excluding hydrogens is 430 g/mol. The molecule has 32 heavy (non-hydrogen) atoms. The SMILES string of the molecule is COc1ccc2c3c(n(C)c2c1)[C@@H](CO)N(S(C)(=O)=O)CC31CCN(C(=O)C2CC2)CC1. The second-order valence-electron chi connectivity index (χ2n) is 9.59. The molecule has 8 nitrogen and oxygen atoms in total. The lowest BCUT2D eigenvalue weighted by Gasteiger charge is -2.49. The van der Waals surface area contributed by atoms with E-state index >= 15 is 0 Å². The summed E-state index contributed by atoms with van der Waals surface area (Å²) in [4.78, 5) is 14.6. The van der Waals surface area contributed by atoms with Gasteiger partial charge < -0.3 is 19.3 Å². The van der Waals surface area contributed by atoms with Crippen LogP contribution in [0.5, 0.6) is 5.75 Å². The van der Waals surface area contributed by atoms with Gasteiger partial charge >= 0.3 is 0 Å². The van der Waals surface area contributed by atoms with Crippen molar-refractivity contribution in [1.29, 1.82) is 0 Å². The number of aryl methyl sites for hydroxylation is 1. The molecule has 174 valence electrons. The van der Waals surface area contributed by atoms with Crippen LogP contribution in [0, 0.1) is 5.92 Å². The monoisotopic (exact) mass is 461 g/mol. The minimum Gasteiger partial charge on any atom is -0.497 e. The number of amides is 1. The van der Waals surface area contributed by atoms with Crippen molar-refractivity contribution < 1.29 is 23.1 Å². The summed E-state index contributed by atoms with van der Waals surface area (Å²) in [5.74, 6) is 1.16. The summed E-state index contributed by atoms with van der Waals surface area (Å²) in [6.45, 7) is 1.29. The standard InChI is InChI=1S/C23H31N3O5S/c1-24-18-12-16(31-2)6-7-17(18)20-21(24)19(13-27)26(32(3,29)30)14-23(20)8-10-25(11-9-23)22(28)15-4-5-15/h6-7,12,15,19,27H,4-5,8-11,13-14H2,1-3H3/t19-/m1/s1. The second-order valence-corrected chi connectivity index (χ2v) is 11.5. The molecule has 1 amide bonds. The Balaban J connectivity index is 1.66. The van der Waals surface area contributed by atoms with Crippen LogP contribution in [0.2, 0.25) is 0 Å². The Hall–Kier alpha value is -2.10. The number of fused-ring (bicyclic) bond motifs is 4. The Morgan fingerprint density at radius 2 is 1.94 bits per heavy atom. The van der Waals surface area contributed by atoms with Crippen molar-refractivity contribution in [3.05, 3.63) is 29.5 Å². The van der Waals surface area contributed by atoms with E-state index in [1.54, 1.807) is 7.11 Å². The zero-order chi connectivity index (χ0) is 22.8. The number of nitrogens with zero attached hydrogens (tertiary/aromatic N) is 3. The molecule has 1 aromatic heterocycles. The summed E-state index contributed by atoms with van der Waals surface area (Å²) in [6.07, 6.45) is 4.58. The zero-order valence-electron chi connectivity index (χ0n) is 18.9. The smallest absolute Gasteiger partial charge is 0.225 e. The minimum absolute atomic E-state index is 0.183. The maximum absolute atomic E-state index is 12.8. The highest BCUT2D eigenvalue weighted by molar-refractivity contribution is 7.88. The lowest BCUT2D eigenvalue weighted by Crippen LogP contribution is -2.56. The predicted octanol–water partition coefficient (Wildman–Crippen LogP) is 1.77. The first-order valence-electron chi connectivity index (χ1n) is 11.2. The number of methoxy groups -OCH3 is 1. The van der Waals surface area contributed by atoms with Crippen LogP contribution in [0.1, 0.15) is 43.0 Å². The van der Waals surface area contributed by atoms with Gasteiger partial charge in [-0.05, 0) is 43.4 Å². The number of rotatable bonds is 4. The highest BCUT2D eigenvalue weighted by Gasteiger charge is 2.51. The molecule has 1 saturated carbocycles. The Labute approximate surface area is 188 Å². The number of hydrogen-bond donors (Lipinski definition) is 1. The van der Waals surface area contributed by atoms with Gasteiger partial charge in [0.05, 0.1) is 31.5 Å². The van der Waals surface area contributed by atoms with Crippen LogP contribution in [-0.2, 0) is 27.3 Å². The van der Waals surface area contributed by atoms with Crippen molar-refractivity contribution in [2.75, 3.05) is 39.6 Å². The topological polar surface area (TPSA) is 92.1 Å². The van der Waals surface area contributed by atoms with Gasteiger partial charge in [0, 0.05) is 55.2 Å². The first kappa shape index (κ1) is 21.7. The fraction of sp³-hybridized carbons (Fsp3) is 0.609. The Morgan fingerprint density at radius 3 is 2.50 bits per heavy atom. The molecule has 9 heteroatoms. The number of aliphatic hydroxyl groups excluding tert-OH is 1. The fourth-order valence-electron chi connectivity index (χ4n) is 5.81. The van der Waals surface area contributed by atoms with Crippen molar-refractivity contribution >= 4 is 26.8 Å². The first-order valence-corrected chi connectivity index (χ1v) is 13.1. The predicted molar refractivity (Wildman–Crippen MR) is 121 cm³/mol. The van der Waals surface area contributed by atoms with E-state index in [1.807, 2.05) is 34.7 Å². The molecule has 2 aliphatic heterocycles. The molecule has 3 heterocycles. The zero-order valence-corrected chi connectivity index (χ0v) is 19.7. The number of carbonyl (C=O) groups excluding carboxylic acids is 1. The van der Waals surface area contributed by atoms with Gasteiger partial charge in [-0.1, -0.05) is 0 Å². The van der Waals surface area contributed by atoms with Gasteiger partial charge in [0.1, 0.15) is 5.75 Å². The maximum atomic E-state index is 12.8. The van der Waals surface area contributed by atoms with Gasteiger partial charge in [0.25, 0.3) is 0 Å². The van der Waals surface area contributed by atoms with E-state index in [2.05, 4.69) is 0 Å². The van der Waals surface area contributed by atoms with Crippen molar-refractivity contribution in [3.8, 4) is 5.75 Å². The van der Waals surface area contributed by atoms with Crippen LogP contribution in [0.3, 0.4) is 0 Å². The number of carbonyl (C=O) groups is 1. The lowest BCUT2D eigenvalue weighted by atomic mass is 9.68. The molecule has 0 radical (unpaired) electrons. The highest BCUT2D eigenvalue weighted by atomic mass is 32.2. The molecule has 1 spiro atoms. The van der Waals surface area contributed by atoms with E-state index in [0.29, 0.717) is 32.5 Å². The third-order valence-corrected chi connectivity index (χ3v) is 8.90. The highest BCUT2D eigenvalue weighted by Crippen LogP contribution is 2.51. The van der Waals surface area contributed by atoms with Crippen LogP contribution in [0.15, 0.2) is 18.2 Å². The number of benzene rings is 1. The van der Waals surface area contributed by atoms with Gasteiger partial charge in [-0.15, -0.1) is 0 Å². The summed E-state index contributed by atoms with van der Waals surface area (Å²) in [6, 6.07) is 5.30. The van der Waals surface area contributed by atoms with Crippen LogP contribution in [-0.4, -0.2) is 72.8 Å². The third-order valence-electron chi connectivity index (χ3n) is 7.66. The van der Waals surface area contributed by atoms with Gasteiger partial charge in [-0.3, -0.25) is 4.79 Å². The summed E-state index contributed by atoms with van der Waals surface area (Å²) < 4.78 is 34.5. The fourth-order valence-corrected chi connectivity index (χ4v) is 6.92. The molecule has 1 N–H and O–H groups in total. The molecule has 0 unspecified atom stereocenters. The van der Waals surface area contributed by atoms with Crippen molar-refractivity contribution in [1.82, 2.24) is 13.8 Å². The van der Waals surface area contributed by atoms with E-state index in [0.717, 1.165) is 40.8 Å². The van der Waals surface area contributed by atoms with Gasteiger partial charge in [0.2, 0.25) is 15.9 Å². The molecule has 1 atom stereocenters. The molecule has 0 bridgehead atoms. The molecule has 2 fully saturated rings. The molecule has 5 rings (SSSR count). The van der Waals surface area contributed by atoms with E-state index in [-0.39, 0.29) is 18.4 Å². The van der Waals surface area contributed by atoms with Crippen LogP contribution in [0.4, 0.5) is 0 Å². The second kappa shape index (κ2) is 7.46. The number of ether oxygens (including phenoxy) is 1. The minimum atomic E-state index is -3.55. The molecule has 3 aliphatic rings. The Kier molecular flexibility index (Phi) is 5.07. The maximum Gasteiger partial charge on any atom is 0.225 e. The summed E-state index contributed by atoms with van der Waals surface area (Å²) in [5, 5.41) is 11.4. The Bertz CT molecular complexity index is 1180. The van der Waals surface area contributed by atoms with Crippen molar-refractivity contribution in [3.63, 3.8) is 0 Å². The molecule has 1 aromatic carbocycles. The number of hydrogen-bond acceptors (Lipinski definition) is 5. The van der Waals surface area contributed by atoms with E-state index in [4.69, 9.17) is 4.74 Å². The molecule has 1 aliphatic carbocycles. The van der Waals surface area contributed by atoms with E-state index in [9.17, 15) is 18.3 Å². The number of sulfonamides is 1. The molecule has 2 aromatic rings. The Morgan fingerprint density at radius 1 is 1.25 bits per heavy atom. The molecule has 1 saturated heterocycles. The van der Waals surface area contributed by atoms with Crippen LogP contribution >= 0.6 is 0 Å².